The fourth-order valence-corrected chi connectivity index (χ4v) is 0.672. The van der Waals surface area contributed by atoms with Crippen molar-refractivity contribution in [3.63, 3.8) is 0 Å². The first-order valence-corrected chi connectivity index (χ1v) is 5.14. The van der Waals surface area contributed by atoms with E-state index in [0.717, 1.165) is 12.2 Å². The van der Waals surface area contributed by atoms with Gasteiger partial charge in [-0.2, -0.15) is 0 Å². The zero-order valence-electron chi connectivity index (χ0n) is 8.01. The van der Waals surface area contributed by atoms with Crippen LogP contribution in [0.25, 0.3) is 0 Å². The summed E-state index contributed by atoms with van der Waals surface area (Å²) < 4.78 is 8.57. The number of rotatable bonds is 6. The van der Waals surface area contributed by atoms with Gasteiger partial charge in [-0.05, 0) is 0 Å². The molecule has 16 heavy (non-hydrogen) atoms. The Labute approximate surface area is 101 Å². The van der Waals surface area contributed by atoms with Crippen molar-refractivity contribution in [1.29, 1.82) is 0 Å². The van der Waals surface area contributed by atoms with E-state index in [1.54, 1.807) is 0 Å². The van der Waals surface area contributed by atoms with Crippen molar-refractivity contribution in [2.75, 3.05) is 11.8 Å². The molecule has 0 aromatic rings. The van der Waals surface area contributed by atoms with E-state index in [9.17, 15) is 9.59 Å². The zero-order chi connectivity index (χ0) is 12.6. The summed E-state index contributed by atoms with van der Waals surface area (Å²) in [5.41, 5.74) is 0. The highest BCUT2D eigenvalue weighted by Crippen LogP contribution is 1.95. The van der Waals surface area contributed by atoms with Crippen molar-refractivity contribution in [2.24, 2.45) is 0 Å². The molecule has 0 aromatic carbocycles. The first-order chi connectivity index (χ1) is 7.49. The Bertz CT molecular complexity index is 241. The average molecular weight is 273 g/mol. The van der Waals surface area contributed by atoms with E-state index < -0.39 is 24.5 Å². The van der Waals surface area contributed by atoms with E-state index in [4.69, 9.17) is 33.4 Å². The van der Waals surface area contributed by atoms with Crippen LogP contribution in [0.4, 0.5) is 0 Å². The molecule has 0 aliphatic heterocycles. The molecular formula is C8H10Cl2O6. The van der Waals surface area contributed by atoms with Crippen LogP contribution in [0, 0.1) is 0 Å². The van der Waals surface area contributed by atoms with Crippen molar-refractivity contribution in [3.8, 4) is 0 Å². The summed E-state index contributed by atoms with van der Waals surface area (Å²) in [6.45, 7) is 0. The fourth-order valence-electron chi connectivity index (χ4n) is 0.546. The highest BCUT2D eigenvalue weighted by Gasteiger charge is 2.09. The van der Waals surface area contributed by atoms with Crippen molar-refractivity contribution in [1.82, 2.24) is 0 Å². The molecule has 0 aliphatic carbocycles. The van der Waals surface area contributed by atoms with Gasteiger partial charge in [0.15, 0.2) is 0 Å². The lowest BCUT2D eigenvalue weighted by molar-refractivity contribution is -0.161. The van der Waals surface area contributed by atoms with Crippen molar-refractivity contribution in [3.05, 3.63) is 12.2 Å². The second kappa shape index (κ2) is 8.35. The van der Waals surface area contributed by atoms with Crippen LogP contribution in [0.1, 0.15) is 0 Å². The van der Waals surface area contributed by atoms with E-state index in [1.807, 2.05) is 0 Å². The molecule has 0 aliphatic rings. The number of carbonyl (C=O) groups excluding carboxylic acids is 2. The molecule has 8 heteroatoms. The molecule has 0 radical (unpaired) electrons. The number of aliphatic hydroxyl groups excluding tert-OH is 2. The highest BCUT2D eigenvalue weighted by molar-refractivity contribution is 6.18. The Balaban J connectivity index is 3.98. The quantitative estimate of drug-likeness (QED) is 0.300. The van der Waals surface area contributed by atoms with Gasteiger partial charge in [0, 0.05) is 12.2 Å². The minimum absolute atomic E-state index is 0.283. The van der Waals surface area contributed by atoms with Crippen molar-refractivity contribution < 1.29 is 29.3 Å². The first kappa shape index (κ1) is 15.2. The van der Waals surface area contributed by atoms with Gasteiger partial charge in [-0.15, -0.1) is 23.2 Å². The lowest BCUT2D eigenvalue weighted by Gasteiger charge is -2.06. The molecular weight excluding hydrogens is 263 g/mol. The van der Waals surface area contributed by atoms with Gasteiger partial charge in [-0.25, -0.2) is 9.59 Å². The fraction of sp³-hybridized carbons (Fsp3) is 0.500. The van der Waals surface area contributed by atoms with Gasteiger partial charge < -0.3 is 19.7 Å². The van der Waals surface area contributed by atoms with Crippen LogP contribution < -0.4 is 0 Å². The van der Waals surface area contributed by atoms with Crippen LogP contribution >= 0.6 is 23.2 Å². The molecule has 0 rings (SSSR count). The maximum Gasteiger partial charge on any atom is 0.333 e. The molecule has 2 atom stereocenters. The highest BCUT2D eigenvalue weighted by atomic mass is 35.5. The lowest BCUT2D eigenvalue weighted by atomic mass is 10.5. The van der Waals surface area contributed by atoms with Gasteiger partial charge in [0.05, 0.1) is 11.8 Å². The molecule has 0 aromatic heterocycles. The second-order valence-electron chi connectivity index (χ2n) is 2.43. The van der Waals surface area contributed by atoms with Crippen LogP contribution in [0.3, 0.4) is 0 Å². The normalized spacial score (nSPS) is 14.5. The van der Waals surface area contributed by atoms with E-state index >= 15 is 0 Å². The number of carbonyl (C=O) groups is 2. The smallest absolute Gasteiger partial charge is 0.333 e. The molecule has 6 nitrogen and oxygen atoms in total. The summed E-state index contributed by atoms with van der Waals surface area (Å²) in [4.78, 5) is 21.7. The molecule has 0 saturated heterocycles. The van der Waals surface area contributed by atoms with Crippen LogP contribution in [-0.4, -0.2) is 46.5 Å². The molecule has 0 saturated carbocycles. The Hall–Kier alpha value is -0.820. The van der Waals surface area contributed by atoms with Gasteiger partial charge >= 0.3 is 11.9 Å². The number of hydrogen-bond donors (Lipinski definition) is 2. The topological polar surface area (TPSA) is 93.1 Å². The van der Waals surface area contributed by atoms with Gasteiger partial charge in [0.25, 0.3) is 0 Å². The van der Waals surface area contributed by atoms with E-state index in [0.29, 0.717) is 0 Å². The van der Waals surface area contributed by atoms with Crippen LogP contribution in [-0.2, 0) is 19.1 Å². The maximum absolute atomic E-state index is 10.8. The minimum atomic E-state index is -1.44. The number of halogens is 2. The molecule has 0 spiro atoms. The summed E-state index contributed by atoms with van der Waals surface area (Å²) >= 11 is 10.3. The SMILES string of the molecule is O=C(/C=C/C(=O)OC(O)CCl)OC(O)CCl. The molecule has 0 bridgehead atoms. The molecule has 0 heterocycles. The third-order valence-corrected chi connectivity index (χ3v) is 1.65. The molecule has 92 valence electrons. The summed E-state index contributed by atoms with van der Waals surface area (Å²) in [7, 11) is 0. The number of esters is 2. The lowest BCUT2D eigenvalue weighted by Crippen LogP contribution is -2.19. The number of aliphatic hydroxyl groups is 2. The Morgan fingerprint density at radius 1 is 1.00 bits per heavy atom. The molecule has 0 fully saturated rings. The minimum Gasteiger partial charge on any atom is -0.431 e. The van der Waals surface area contributed by atoms with Crippen molar-refractivity contribution in [2.45, 2.75) is 12.6 Å². The average Bonchev–Trinajstić information content (AvgIpc) is 2.26. The Kier molecular flexibility index (Phi) is 7.92. The summed E-state index contributed by atoms with van der Waals surface area (Å²) in [6, 6.07) is 0. The van der Waals surface area contributed by atoms with Gasteiger partial charge in [0.2, 0.25) is 12.6 Å². The van der Waals surface area contributed by atoms with Gasteiger partial charge in [-0.1, -0.05) is 0 Å². The molecule has 2 N–H and O–H groups in total. The summed E-state index contributed by atoms with van der Waals surface area (Å²) in [5.74, 6) is -2.50. The zero-order valence-corrected chi connectivity index (χ0v) is 9.52. The van der Waals surface area contributed by atoms with Gasteiger partial charge in [0.1, 0.15) is 0 Å². The second-order valence-corrected chi connectivity index (χ2v) is 3.04. The van der Waals surface area contributed by atoms with E-state index in [2.05, 4.69) is 9.47 Å². The summed E-state index contributed by atoms with van der Waals surface area (Å²) in [5, 5.41) is 17.6. The van der Waals surface area contributed by atoms with Crippen molar-refractivity contribution >= 4 is 35.1 Å². The van der Waals surface area contributed by atoms with E-state index in [1.165, 1.54) is 0 Å². The largest absolute Gasteiger partial charge is 0.431 e. The molecule has 0 amide bonds. The maximum atomic E-state index is 10.8. The monoisotopic (exact) mass is 272 g/mol. The van der Waals surface area contributed by atoms with E-state index in [-0.39, 0.29) is 11.8 Å². The first-order valence-electron chi connectivity index (χ1n) is 4.07. The predicted molar refractivity (Wildman–Crippen MR) is 54.8 cm³/mol. The van der Waals surface area contributed by atoms with Gasteiger partial charge in [-0.3, -0.25) is 0 Å². The molecule has 2 unspecified atom stereocenters. The van der Waals surface area contributed by atoms with Crippen LogP contribution in [0.15, 0.2) is 12.2 Å². The summed E-state index contributed by atoms with van der Waals surface area (Å²) in [6.07, 6.45) is -1.44. The standard InChI is InChI=1S/C8H10Cl2O6/c9-3-7(13)15-5(11)1-2-6(12)16-8(14)4-10/h1-2,7-8,13-14H,3-4H2/b2-1+. The third kappa shape index (κ3) is 7.47. The Morgan fingerprint density at radius 2 is 1.31 bits per heavy atom. The predicted octanol–water partition coefficient (Wildman–Crippen LogP) is -0.257. The van der Waals surface area contributed by atoms with Crippen LogP contribution in [0.2, 0.25) is 0 Å². The third-order valence-electron chi connectivity index (χ3n) is 1.12. The number of alkyl halides is 2. The van der Waals surface area contributed by atoms with Crippen LogP contribution in [0.5, 0.6) is 0 Å². The Morgan fingerprint density at radius 3 is 1.56 bits per heavy atom. The number of hydrogen-bond acceptors (Lipinski definition) is 6. The number of ether oxygens (including phenoxy) is 2.